The van der Waals surface area contributed by atoms with Crippen molar-refractivity contribution in [2.24, 2.45) is 5.92 Å². The first kappa shape index (κ1) is 13.7. The average molecular weight is 228 g/mol. The van der Waals surface area contributed by atoms with Crippen LogP contribution in [-0.4, -0.2) is 31.2 Å². The molecule has 3 heteroatoms. The quantitative estimate of drug-likeness (QED) is 0.701. The highest BCUT2D eigenvalue weighted by atomic mass is 16.5. The Morgan fingerprint density at radius 3 is 2.25 bits per heavy atom. The first-order valence-electron chi connectivity index (χ1n) is 6.46. The molecule has 0 saturated carbocycles. The van der Waals surface area contributed by atoms with Gasteiger partial charge in [0.1, 0.15) is 5.60 Å². The van der Waals surface area contributed by atoms with E-state index >= 15 is 0 Å². The predicted octanol–water partition coefficient (Wildman–Crippen LogP) is 2.58. The van der Waals surface area contributed by atoms with Crippen molar-refractivity contribution in [1.82, 2.24) is 0 Å². The minimum absolute atomic E-state index is 0.139. The van der Waals surface area contributed by atoms with Gasteiger partial charge in [-0.15, -0.1) is 0 Å². The third kappa shape index (κ3) is 2.83. The maximum atomic E-state index is 12.5. The molecule has 0 unspecified atom stereocenters. The van der Waals surface area contributed by atoms with Crippen molar-refractivity contribution >= 4 is 5.78 Å². The fraction of sp³-hybridized carbons (Fsp3) is 0.923. The minimum Gasteiger partial charge on any atom is -0.381 e. The third-order valence-corrected chi connectivity index (χ3v) is 3.60. The number of ketones is 1. The van der Waals surface area contributed by atoms with Gasteiger partial charge in [0.15, 0.2) is 5.78 Å². The summed E-state index contributed by atoms with van der Waals surface area (Å²) in [5.74, 6) is 0.433. The first-order chi connectivity index (χ1) is 7.70. The van der Waals surface area contributed by atoms with Gasteiger partial charge in [-0.25, -0.2) is 0 Å². The molecular weight excluding hydrogens is 204 g/mol. The van der Waals surface area contributed by atoms with E-state index < -0.39 is 5.60 Å². The largest absolute Gasteiger partial charge is 0.381 e. The maximum absolute atomic E-state index is 12.5. The molecule has 1 aliphatic rings. The molecule has 0 bridgehead atoms. The molecule has 0 aliphatic carbocycles. The fourth-order valence-electron chi connectivity index (χ4n) is 2.48. The van der Waals surface area contributed by atoms with Crippen LogP contribution in [0, 0.1) is 5.92 Å². The molecule has 0 aromatic rings. The van der Waals surface area contributed by atoms with Crippen LogP contribution in [0.2, 0.25) is 0 Å². The van der Waals surface area contributed by atoms with E-state index in [0.717, 1.165) is 25.7 Å². The molecule has 0 atom stereocenters. The van der Waals surface area contributed by atoms with Gasteiger partial charge in [0.25, 0.3) is 0 Å². The molecule has 3 nitrogen and oxygen atoms in total. The Labute approximate surface area is 98.5 Å². The minimum atomic E-state index is -0.545. The zero-order valence-corrected chi connectivity index (χ0v) is 10.8. The zero-order chi connectivity index (χ0) is 12.0. The Balaban J connectivity index is 2.72. The summed E-state index contributed by atoms with van der Waals surface area (Å²) in [4.78, 5) is 12.5. The van der Waals surface area contributed by atoms with Crippen molar-refractivity contribution in [3.05, 3.63) is 0 Å². The molecule has 1 saturated heterocycles. The summed E-state index contributed by atoms with van der Waals surface area (Å²) in [6.45, 7) is 8.07. The highest BCUT2D eigenvalue weighted by Crippen LogP contribution is 2.29. The van der Waals surface area contributed by atoms with Crippen LogP contribution in [0.4, 0.5) is 0 Å². The lowest BCUT2D eigenvalue weighted by atomic mass is 9.81. The number of carbonyl (C=O) groups excluding carboxylic acids is 1. The Morgan fingerprint density at radius 2 is 1.81 bits per heavy atom. The maximum Gasteiger partial charge on any atom is 0.167 e. The van der Waals surface area contributed by atoms with Crippen LogP contribution in [0.15, 0.2) is 0 Å². The van der Waals surface area contributed by atoms with E-state index in [2.05, 4.69) is 0 Å². The lowest BCUT2D eigenvalue weighted by Crippen LogP contribution is -2.45. The lowest BCUT2D eigenvalue weighted by Gasteiger charge is -2.34. The van der Waals surface area contributed by atoms with Crippen LogP contribution in [-0.2, 0) is 14.3 Å². The molecule has 0 spiro atoms. The van der Waals surface area contributed by atoms with Gasteiger partial charge in [-0.05, 0) is 32.6 Å². The van der Waals surface area contributed by atoms with Crippen molar-refractivity contribution in [1.29, 1.82) is 0 Å². The summed E-state index contributed by atoms with van der Waals surface area (Å²) in [6.07, 6.45) is 3.25. The van der Waals surface area contributed by atoms with Crippen molar-refractivity contribution in [2.75, 3.05) is 19.8 Å². The number of hydrogen-bond acceptors (Lipinski definition) is 3. The monoisotopic (exact) mass is 228 g/mol. The van der Waals surface area contributed by atoms with Gasteiger partial charge in [-0.1, -0.05) is 13.8 Å². The van der Waals surface area contributed by atoms with Crippen LogP contribution in [0.5, 0.6) is 0 Å². The van der Waals surface area contributed by atoms with Crippen LogP contribution >= 0.6 is 0 Å². The fourth-order valence-corrected chi connectivity index (χ4v) is 2.48. The van der Waals surface area contributed by atoms with E-state index in [1.807, 2.05) is 20.8 Å². The Morgan fingerprint density at radius 1 is 1.25 bits per heavy atom. The molecule has 0 radical (unpaired) electrons. The summed E-state index contributed by atoms with van der Waals surface area (Å²) in [7, 11) is 0. The highest BCUT2D eigenvalue weighted by molar-refractivity contribution is 5.89. The van der Waals surface area contributed by atoms with Crippen molar-refractivity contribution in [3.63, 3.8) is 0 Å². The highest BCUT2D eigenvalue weighted by Gasteiger charge is 2.40. The second-order valence-corrected chi connectivity index (χ2v) is 4.39. The molecule has 16 heavy (non-hydrogen) atoms. The lowest BCUT2D eigenvalue weighted by molar-refractivity contribution is -0.152. The molecule has 0 aromatic heterocycles. The second kappa shape index (κ2) is 6.36. The molecule has 94 valence electrons. The van der Waals surface area contributed by atoms with Crippen molar-refractivity contribution in [2.45, 2.75) is 52.1 Å². The zero-order valence-electron chi connectivity index (χ0n) is 10.8. The summed E-state index contributed by atoms with van der Waals surface area (Å²) in [5, 5.41) is 0. The molecular formula is C13H24O3. The van der Waals surface area contributed by atoms with Gasteiger partial charge >= 0.3 is 0 Å². The van der Waals surface area contributed by atoms with E-state index in [-0.39, 0.29) is 5.92 Å². The van der Waals surface area contributed by atoms with Crippen LogP contribution < -0.4 is 0 Å². The number of Topliss-reactive ketones (excluding diaryl/α,β-unsaturated/α-hetero) is 1. The van der Waals surface area contributed by atoms with Crippen LogP contribution in [0.25, 0.3) is 0 Å². The van der Waals surface area contributed by atoms with Gasteiger partial charge in [-0.2, -0.15) is 0 Å². The normalized spacial score (nSPS) is 18.7. The average Bonchev–Trinajstić information content (AvgIpc) is 2.36. The second-order valence-electron chi connectivity index (χ2n) is 4.39. The van der Waals surface area contributed by atoms with Crippen LogP contribution in [0.3, 0.4) is 0 Å². The smallest absolute Gasteiger partial charge is 0.167 e. The van der Waals surface area contributed by atoms with E-state index in [1.165, 1.54) is 0 Å². The van der Waals surface area contributed by atoms with Gasteiger partial charge in [0.2, 0.25) is 0 Å². The Hall–Kier alpha value is -0.410. The molecule has 0 amide bonds. The van der Waals surface area contributed by atoms with Crippen LogP contribution in [0.1, 0.15) is 46.5 Å². The van der Waals surface area contributed by atoms with E-state index in [9.17, 15) is 4.79 Å². The summed E-state index contributed by atoms with van der Waals surface area (Å²) >= 11 is 0. The first-order valence-corrected chi connectivity index (χ1v) is 6.46. The van der Waals surface area contributed by atoms with E-state index in [0.29, 0.717) is 25.6 Å². The molecule has 0 N–H and O–H groups in total. The van der Waals surface area contributed by atoms with Gasteiger partial charge < -0.3 is 9.47 Å². The summed E-state index contributed by atoms with van der Waals surface area (Å²) in [5.41, 5.74) is -0.545. The molecule has 1 aliphatic heterocycles. The summed E-state index contributed by atoms with van der Waals surface area (Å²) < 4.78 is 11.0. The predicted molar refractivity (Wildman–Crippen MR) is 63.5 cm³/mol. The van der Waals surface area contributed by atoms with Crippen molar-refractivity contribution in [3.8, 4) is 0 Å². The number of ether oxygens (including phenoxy) is 2. The van der Waals surface area contributed by atoms with E-state index in [1.54, 1.807) is 0 Å². The molecule has 1 heterocycles. The SMILES string of the molecule is CCOC(CC)(CC)C(=O)C1CCOCC1. The van der Waals surface area contributed by atoms with Gasteiger partial charge in [-0.3, -0.25) is 4.79 Å². The number of rotatable bonds is 6. The summed E-state index contributed by atoms with van der Waals surface area (Å²) in [6, 6.07) is 0. The number of hydrogen-bond donors (Lipinski definition) is 0. The Kier molecular flexibility index (Phi) is 5.42. The molecule has 1 fully saturated rings. The van der Waals surface area contributed by atoms with E-state index in [4.69, 9.17) is 9.47 Å². The molecule has 1 rings (SSSR count). The molecule has 0 aromatic carbocycles. The third-order valence-electron chi connectivity index (χ3n) is 3.60. The Bertz CT molecular complexity index is 215. The number of carbonyl (C=O) groups is 1. The van der Waals surface area contributed by atoms with Crippen molar-refractivity contribution < 1.29 is 14.3 Å². The van der Waals surface area contributed by atoms with Gasteiger partial charge in [0.05, 0.1) is 0 Å². The standard InChI is InChI=1S/C13H24O3/c1-4-13(5-2,16-6-3)12(14)11-7-9-15-10-8-11/h11H,4-10H2,1-3H3. The van der Waals surface area contributed by atoms with Gasteiger partial charge in [0, 0.05) is 25.7 Å². The topological polar surface area (TPSA) is 35.5 Å².